The maximum atomic E-state index is 11.3. The molecule has 0 bridgehead atoms. The molecule has 0 aliphatic heterocycles. The number of nitrogens with zero attached hydrogens (tertiary/aromatic N) is 2. The molecule has 0 amide bonds. The van der Waals surface area contributed by atoms with Crippen molar-refractivity contribution in [3.05, 3.63) is 32.5 Å². The van der Waals surface area contributed by atoms with Crippen LogP contribution in [0.5, 0.6) is 0 Å². The maximum Gasteiger partial charge on any atom is 0.345 e. The molecule has 0 unspecified atom stereocenters. The van der Waals surface area contributed by atoms with Crippen LogP contribution >= 0.6 is 15.9 Å². The highest BCUT2D eigenvalue weighted by Crippen LogP contribution is 2.21. The van der Waals surface area contributed by atoms with Crippen LogP contribution < -0.4 is 0 Å². The first-order valence-corrected chi connectivity index (χ1v) is 4.82. The number of esters is 1. The predicted molar refractivity (Wildman–Crippen MR) is 54.5 cm³/mol. The number of hydrogen-bond donors (Lipinski definition) is 0. The highest BCUT2D eigenvalue weighted by Gasteiger charge is 2.22. The highest BCUT2D eigenvalue weighted by atomic mass is 79.9. The van der Waals surface area contributed by atoms with Gasteiger partial charge in [-0.3, -0.25) is 10.1 Å². The topological polar surface area (TPSA) is 82.3 Å². The molecule has 1 aromatic rings. The Morgan fingerprint density at radius 1 is 1.73 bits per heavy atom. The average molecular weight is 275 g/mol. The summed E-state index contributed by atoms with van der Waals surface area (Å²) in [7, 11) is 0. The fourth-order valence-electron chi connectivity index (χ4n) is 0.940. The maximum absolute atomic E-state index is 11.3. The summed E-state index contributed by atoms with van der Waals surface area (Å²) >= 11 is 3.02. The third kappa shape index (κ3) is 2.72. The second-order valence-corrected chi connectivity index (χ2v) is 3.31. The van der Waals surface area contributed by atoms with E-state index in [0.717, 1.165) is 6.20 Å². The van der Waals surface area contributed by atoms with Crippen LogP contribution in [0.2, 0.25) is 0 Å². The summed E-state index contributed by atoms with van der Waals surface area (Å²) in [5, 5.41) is 10.6. The Balaban J connectivity index is 3.18. The Labute approximate surface area is 93.5 Å². The Morgan fingerprint density at radius 3 is 2.93 bits per heavy atom. The van der Waals surface area contributed by atoms with Crippen LogP contribution in [-0.2, 0) is 4.74 Å². The lowest BCUT2D eigenvalue weighted by Gasteiger charge is -2.02. The molecule has 0 saturated carbocycles. The summed E-state index contributed by atoms with van der Waals surface area (Å²) in [6.45, 7) is 1.79. The summed E-state index contributed by atoms with van der Waals surface area (Å²) in [5.41, 5.74) is -0.472. The van der Waals surface area contributed by atoms with Crippen molar-refractivity contribution in [3.63, 3.8) is 0 Å². The first kappa shape index (κ1) is 11.6. The first-order valence-electron chi connectivity index (χ1n) is 4.03. The molecule has 6 nitrogen and oxygen atoms in total. The van der Waals surface area contributed by atoms with Crippen LogP contribution in [0.25, 0.3) is 0 Å². The minimum absolute atomic E-state index is 0.108. The van der Waals surface area contributed by atoms with Crippen LogP contribution in [0.4, 0.5) is 5.69 Å². The monoisotopic (exact) mass is 274 g/mol. The number of rotatable bonds is 3. The van der Waals surface area contributed by atoms with E-state index >= 15 is 0 Å². The van der Waals surface area contributed by atoms with Crippen molar-refractivity contribution in [2.75, 3.05) is 6.61 Å². The smallest absolute Gasteiger partial charge is 0.345 e. The molecule has 0 fully saturated rings. The van der Waals surface area contributed by atoms with Crippen molar-refractivity contribution in [3.8, 4) is 0 Å². The fraction of sp³-hybridized carbons (Fsp3) is 0.250. The van der Waals surface area contributed by atoms with Gasteiger partial charge in [-0.05, 0) is 28.9 Å². The molecular formula is C8H7BrN2O4. The number of hydrogen-bond acceptors (Lipinski definition) is 5. The second-order valence-electron chi connectivity index (χ2n) is 2.50. The molecule has 1 heterocycles. The normalized spacial score (nSPS) is 9.73. The predicted octanol–water partition coefficient (Wildman–Crippen LogP) is 1.93. The van der Waals surface area contributed by atoms with Crippen molar-refractivity contribution in [2.45, 2.75) is 6.92 Å². The number of aromatic nitrogens is 1. The summed E-state index contributed by atoms with van der Waals surface area (Å²) in [6, 6.07) is 1.26. The lowest BCUT2D eigenvalue weighted by Crippen LogP contribution is -2.08. The van der Waals surface area contributed by atoms with Gasteiger partial charge >= 0.3 is 11.7 Å². The standard InChI is InChI=1S/C8H7BrN2O4/c1-2-15-8(12)5-3-7(9)10-4-6(5)11(13)14/h3-4H,2H2,1H3. The van der Waals surface area contributed by atoms with E-state index in [9.17, 15) is 14.9 Å². The molecule has 80 valence electrons. The zero-order valence-electron chi connectivity index (χ0n) is 7.77. The number of pyridine rings is 1. The zero-order chi connectivity index (χ0) is 11.4. The number of nitro groups is 1. The van der Waals surface area contributed by atoms with Gasteiger partial charge in [0.2, 0.25) is 0 Å². The summed E-state index contributed by atoms with van der Waals surface area (Å²) in [4.78, 5) is 24.9. The van der Waals surface area contributed by atoms with E-state index in [2.05, 4.69) is 25.7 Å². The highest BCUT2D eigenvalue weighted by molar-refractivity contribution is 9.10. The van der Waals surface area contributed by atoms with Gasteiger partial charge in [-0.25, -0.2) is 9.78 Å². The molecule has 0 aliphatic carbocycles. The van der Waals surface area contributed by atoms with Gasteiger partial charge in [-0.15, -0.1) is 0 Å². The van der Waals surface area contributed by atoms with E-state index in [1.54, 1.807) is 6.92 Å². The van der Waals surface area contributed by atoms with Gasteiger partial charge in [0, 0.05) is 0 Å². The van der Waals surface area contributed by atoms with E-state index in [1.165, 1.54) is 6.07 Å². The molecule has 0 spiro atoms. The van der Waals surface area contributed by atoms with Crippen LogP contribution in [0.3, 0.4) is 0 Å². The molecule has 1 rings (SSSR count). The van der Waals surface area contributed by atoms with Gasteiger partial charge in [0.15, 0.2) is 0 Å². The zero-order valence-corrected chi connectivity index (χ0v) is 9.35. The molecule has 0 saturated heterocycles. The van der Waals surface area contributed by atoms with E-state index in [1.807, 2.05) is 0 Å². The largest absolute Gasteiger partial charge is 0.462 e. The van der Waals surface area contributed by atoms with Crippen molar-refractivity contribution in [2.24, 2.45) is 0 Å². The van der Waals surface area contributed by atoms with Crippen molar-refractivity contribution in [1.82, 2.24) is 4.98 Å². The fourth-order valence-corrected chi connectivity index (χ4v) is 1.27. The van der Waals surface area contributed by atoms with Crippen LogP contribution in [0.15, 0.2) is 16.9 Å². The van der Waals surface area contributed by atoms with Crippen LogP contribution in [0.1, 0.15) is 17.3 Å². The van der Waals surface area contributed by atoms with Gasteiger partial charge in [0.05, 0.1) is 11.5 Å². The number of ether oxygens (including phenoxy) is 1. The van der Waals surface area contributed by atoms with Gasteiger partial charge in [-0.2, -0.15) is 0 Å². The van der Waals surface area contributed by atoms with Crippen LogP contribution in [-0.4, -0.2) is 22.5 Å². The SMILES string of the molecule is CCOC(=O)c1cc(Br)ncc1[N+](=O)[O-]. The van der Waals surface area contributed by atoms with E-state index < -0.39 is 10.9 Å². The molecule has 7 heteroatoms. The van der Waals surface area contributed by atoms with Gasteiger partial charge < -0.3 is 4.74 Å². The molecule has 0 aromatic carbocycles. The lowest BCUT2D eigenvalue weighted by molar-refractivity contribution is -0.385. The Morgan fingerprint density at radius 2 is 2.40 bits per heavy atom. The second kappa shape index (κ2) is 4.83. The molecule has 0 aliphatic rings. The average Bonchev–Trinajstić information content (AvgIpc) is 2.17. The third-order valence-electron chi connectivity index (χ3n) is 1.54. The van der Waals surface area contributed by atoms with Crippen molar-refractivity contribution in [1.29, 1.82) is 0 Å². The minimum atomic E-state index is -0.729. The number of carbonyl (C=O) groups is 1. The first-order chi connectivity index (χ1) is 7.06. The molecule has 0 N–H and O–H groups in total. The quantitative estimate of drug-likeness (QED) is 0.364. The molecule has 0 radical (unpaired) electrons. The van der Waals surface area contributed by atoms with E-state index in [-0.39, 0.29) is 17.9 Å². The van der Waals surface area contributed by atoms with Crippen LogP contribution in [0, 0.1) is 10.1 Å². The van der Waals surface area contributed by atoms with Gasteiger partial charge in [0.25, 0.3) is 0 Å². The van der Waals surface area contributed by atoms with E-state index in [0.29, 0.717) is 4.60 Å². The molecular weight excluding hydrogens is 268 g/mol. The Hall–Kier alpha value is -1.50. The summed E-state index contributed by atoms with van der Waals surface area (Å²) in [5.74, 6) is -0.729. The number of carbonyl (C=O) groups excluding carboxylic acids is 1. The Kier molecular flexibility index (Phi) is 3.73. The molecule has 0 atom stereocenters. The van der Waals surface area contributed by atoms with Gasteiger partial charge in [-0.1, -0.05) is 0 Å². The third-order valence-corrected chi connectivity index (χ3v) is 1.98. The lowest BCUT2D eigenvalue weighted by atomic mass is 10.2. The van der Waals surface area contributed by atoms with Crippen molar-refractivity contribution < 1.29 is 14.5 Å². The van der Waals surface area contributed by atoms with Gasteiger partial charge in [0.1, 0.15) is 16.4 Å². The summed E-state index contributed by atoms with van der Waals surface area (Å²) < 4.78 is 5.03. The molecule has 1 aromatic heterocycles. The molecule has 15 heavy (non-hydrogen) atoms. The summed E-state index contributed by atoms with van der Waals surface area (Å²) in [6.07, 6.45) is 1.01. The minimum Gasteiger partial charge on any atom is -0.462 e. The van der Waals surface area contributed by atoms with Crippen molar-refractivity contribution >= 4 is 27.6 Å². The Bertz CT molecular complexity index is 408. The number of halogens is 1. The van der Waals surface area contributed by atoms with E-state index in [4.69, 9.17) is 0 Å².